The van der Waals surface area contributed by atoms with E-state index in [2.05, 4.69) is 5.32 Å². The minimum absolute atomic E-state index is 0.0803. The van der Waals surface area contributed by atoms with Gasteiger partial charge < -0.3 is 14.8 Å². The number of benzene rings is 2. The number of carbonyl (C=O) groups excluding carboxylic acids is 3. The Balaban J connectivity index is 1.57. The summed E-state index contributed by atoms with van der Waals surface area (Å²) in [5, 5.41) is 2.75. The molecule has 1 amide bonds. The van der Waals surface area contributed by atoms with E-state index in [0.29, 0.717) is 11.3 Å². The Hall–Kier alpha value is -3.15. The molecule has 2 aromatic rings. The van der Waals surface area contributed by atoms with Crippen molar-refractivity contribution in [1.82, 2.24) is 0 Å². The van der Waals surface area contributed by atoms with Crippen molar-refractivity contribution >= 4 is 23.3 Å². The Bertz CT molecular complexity index is 857. The van der Waals surface area contributed by atoms with Crippen LogP contribution in [0, 0.1) is 0 Å². The molecule has 3 rings (SSSR count). The maximum Gasteiger partial charge on any atom is 0.310 e. The van der Waals surface area contributed by atoms with Gasteiger partial charge in [-0.15, -0.1) is 0 Å². The SMILES string of the molecule is COc1ccc(CC(=O)OCC(=O)c2ccc3c(c2)[C@@H](C)C(=O)N3)cc1. The zero-order valence-electron chi connectivity index (χ0n) is 14.6. The lowest BCUT2D eigenvalue weighted by atomic mass is 9.99. The number of hydrogen-bond acceptors (Lipinski definition) is 5. The Kier molecular flexibility index (Phi) is 5.02. The predicted molar refractivity (Wildman–Crippen MR) is 95.5 cm³/mol. The molecule has 0 radical (unpaired) electrons. The fourth-order valence-electron chi connectivity index (χ4n) is 2.78. The number of methoxy groups -OCH3 is 1. The van der Waals surface area contributed by atoms with E-state index in [4.69, 9.17) is 9.47 Å². The Morgan fingerprint density at radius 3 is 2.54 bits per heavy atom. The maximum absolute atomic E-state index is 12.3. The lowest BCUT2D eigenvalue weighted by molar-refractivity contribution is -0.141. The van der Waals surface area contributed by atoms with Crippen LogP contribution in [-0.2, 0) is 20.7 Å². The number of hydrogen-bond donors (Lipinski definition) is 1. The van der Waals surface area contributed by atoms with Crippen LogP contribution in [-0.4, -0.2) is 31.4 Å². The first kappa shape index (κ1) is 17.7. The monoisotopic (exact) mass is 353 g/mol. The van der Waals surface area contributed by atoms with Crippen LogP contribution in [0.25, 0.3) is 0 Å². The number of rotatable bonds is 6. The smallest absolute Gasteiger partial charge is 0.310 e. The molecule has 1 heterocycles. The molecule has 1 aliphatic heterocycles. The third kappa shape index (κ3) is 3.74. The average molecular weight is 353 g/mol. The van der Waals surface area contributed by atoms with Crippen molar-refractivity contribution in [3.8, 4) is 5.75 Å². The van der Waals surface area contributed by atoms with Crippen LogP contribution >= 0.6 is 0 Å². The van der Waals surface area contributed by atoms with E-state index in [1.165, 1.54) is 0 Å². The van der Waals surface area contributed by atoms with Gasteiger partial charge in [0.1, 0.15) is 5.75 Å². The second-order valence-electron chi connectivity index (χ2n) is 6.12. The summed E-state index contributed by atoms with van der Waals surface area (Å²) in [6, 6.07) is 12.1. The highest BCUT2D eigenvalue weighted by Gasteiger charge is 2.27. The van der Waals surface area contributed by atoms with Gasteiger partial charge >= 0.3 is 5.97 Å². The third-order valence-electron chi connectivity index (χ3n) is 4.36. The molecule has 0 saturated carbocycles. The van der Waals surface area contributed by atoms with E-state index in [1.54, 1.807) is 56.5 Å². The van der Waals surface area contributed by atoms with Crippen molar-refractivity contribution in [1.29, 1.82) is 0 Å². The number of esters is 1. The van der Waals surface area contributed by atoms with E-state index in [0.717, 1.165) is 16.8 Å². The van der Waals surface area contributed by atoms with E-state index < -0.39 is 5.97 Å². The highest BCUT2D eigenvalue weighted by atomic mass is 16.5. The fraction of sp³-hybridized carbons (Fsp3) is 0.250. The van der Waals surface area contributed by atoms with Crippen LogP contribution in [0.3, 0.4) is 0 Å². The molecule has 0 bridgehead atoms. The number of carbonyl (C=O) groups is 3. The summed E-state index contributed by atoms with van der Waals surface area (Å²) in [6.07, 6.45) is 0.0803. The minimum atomic E-state index is -0.477. The Morgan fingerprint density at radius 1 is 1.12 bits per heavy atom. The molecule has 0 spiro atoms. The summed E-state index contributed by atoms with van der Waals surface area (Å²) in [5.41, 5.74) is 2.70. The van der Waals surface area contributed by atoms with Crippen molar-refractivity contribution in [3.63, 3.8) is 0 Å². The van der Waals surface area contributed by atoms with Gasteiger partial charge in [-0.1, -0.05) is 12.1 Å². The summed E-state index contributed by atoms with van der Waals surface area (Å²) < 4.78 is 10.1. The van der Waals surface area contributed by atoms with Crippen LogP contribution in [0.5, 0.6) is 5.75 Å². The first-order chi connectivity index (χ1) is 12.5. The van der Waals surface area contributed by atoms with Gasteiger partial charge in [-0.25, -0.2) is 0 Å². The standard InChI is InChI=1S/C20H19NO5/c1-12-16-10-14(5-8-17(16)21-20(12)24)18(22)11-26-19(23)9-13-3-6-15(25-2)7-4-13/h3-8,10,12H,9,11H2,1-2H3,(H,21,24)/t12-/m1/s1. The van der Waals surface area contributed by atoms with Crippen LogP contribution in [0.4, 0.5) is 5.69 Å². The molecule has 0 saturated heterocycles. The summed E-state index contributed by atoms with van der Waals surface area (Å²) >= 11 is 0. The highest BCUT2D eigenvalue weighted by molar-refractivity contribution is 6.05. The molecule has 134 valence electrons. The third-order valence-corrected chi connectivity index (χ3v) is 4.36. The summed E-state index contributed by atoms with van der Waals surface area (Å²) in [7, 11) is 1.57. The van der Waals surface area contributed by atoms with Gasteiger partial charge in [-0.2, -0.15) is 0 Å². The zero-order valence-corrected chi connectivity index (χ0v) is 14.6. The lowest BCUT2D eigenvalue weighted by Gasteiger charge is -2.07. The second-order valence-corrected chi connectivity index (χ2v) is 6.12. The van der Waals surface area contributed by atoms with Crippen LogP contribution in [0.1, 0.15) is 34.3 Å². The summed E-state index contributed by atoms with van der Waals surface area (Å²) in [4.78, 5) is 35.9. The van der Waals surface area contributed by atoms with Crippen molar-refractivity contribution in [2.24, 2.45) is 0 Å². The summed E-state index contributed by atoms with van der Waals surface area (Å²) in [6.45, 7) is 1.45. The first-order valence-electron chi connectivity index (χ1n) is 8.24. The van der Waals surface area contributed by atoms with Gasteiger partial charge in [0.15, 0.2) is 12.4 Å². The minimum Gasteiger partial charge on any atom is -0.497 e. The predicted octanol–water partition coefficient (Wildman–Crippen LogP) is 2.72. The molecular weight excluding hydrogens is 334 g/mol. The fourth-order valence-corrected chi connectivity index (χ4v) is 2.78. The number of nitrogens with one attached hydrogen (secondary N) is 1. The number of amides is 1. The molecule has 1 aliphatic rings. The Morgan fingerprint density at radius 2 is 1.85 bits per heavy atom. The number of Topliss-reactive ketones (excluding diaryl/α,β-unsaturated/α-hetero) is 1. The molecule has 2 aromatic carbocycles. The molecule has 1 N–H and O–H groups in total. The van der Waals surface area contributed by atoms with E-state index >= 15 is 0 Å². The lowest BCUT2D eigenvalue weighted by Crippen LogP contribution is -2.16. The zero-order chi connectivity index (χ0) is 18.7. The maximum atomic E-state index is 12.3. The largest absolute Gasteiger partial charge is 0.497 e. The van der Waals surface area contributed by atoms with Crippen LogP contribution < -0.4 is 10.1 Å². The number of ketones is 1. The molecule has 0 aliphatic carbocycles. The van der Waals surface area contributed by atoms with Crippen LogP contribution in [0.15, 0.2) is 42.5 Å². The molecule has 0 fully saturated rings. The van der Waals surface area contributed by atoms with Gasteiger partial charge in [0.05, 0.1) is 19.4 Å². The summed E-state index contributed by atoms with van der Waals surface area (Å²) in [5.74, 6) is -0.459. The van der Waals surface area contributed by atoms with Gasteiger partial charge in [0.25, 0.3) is 0 Å². The molecule has 0 unspecified atom stereocenters. The van der Waals surface area contributed by atoms with E-state index in [1.807, 2.05) is 0 Å². The quantitative estimate of drug-likeness (QED) is 0.638. The average Bonchev–Trinajstić information content (AvgIpc) is 2.94. The number of ether oxygens (including phenoxy) is 2. The molecule has 6 heteroatoms. The van der Waals surface area contributed by atoms with Crippen molar-refractivity contribution in [3.05, 3.63) is 59.2 Å². The van der Waals surface area contributed by atoms with Gasteiger partial charge in [0, 0.05) is 11.3 Å². The normalized spacial score (nSPS) is 15.2. The first-order valence-corrected chi connectivity index (χ1v) is 8.24. The van der Waals surface area contributed by atoms with Crippen molar-refractivity contribution in [2.75, 3.05) is 19.0 Å². The van der Waals surface area contributed by atoms with Crippen molar-refractivity contribution in [2.45, 2.75) is 19.3 Å². The molecule has 26 heavy (non-hydrogen) atoms. The molecule has 1 atom stereocenters. The van der Waals surface area contributed by atoms with E-state index in [-0.39, 0.29) is 30.6 Å². The second kappa shape index (κ2) is 7.39. The van der Waals surface area contributed by atoms with Gasteiger partial charge in [-0.05, 0) is 48.4 Å². The number of anilines is 1. The molecule has 0 aromatic heterocycles. The molecular formula is C20H19NO5. The van der Waals surface area contributed by atoms with Crippen LogP contribution in [0.2, 0.25) is 0 Å². The van der Waals surface area contributed by atoms with Gasteiger partial charge in [-0.3, -0.25) is 14.4 Å². The van der Waals surface area contributed by atoms with Gasteiger partial charge in [0.2, 0.25) is 5.91 Å². The molecule has 6 nitrogen and oxygen atoms in total. The van der Waals surface area contributed by atoms with E-state index in [9.17, 15) is 14.4 Å². The van der Waals surface area contributed by atoms with Crippen molar-refractivity contribution < 1.29 is 23.9 Å². The number of fused-ring (bicyclic) bond motifs is 1. The topological polar surface area (TPSA) is 81.7 Å². The highest BCUT2D eigenvalue weighted by Crippen LogP contribution is 2.32. The Labute approximate surface area is 151 Å².